The lowest BCUT2D eigenvalue weighted by Crippen LogP contribution is -2.45. The van der Waals surface area contributed by atoms with Crippen molar-refractivity contribution in [2.24, 2.45) is 0 Å². The van der Waals surface area contributed by atoms with Crippen LogP contribution < -0.4 is 4.74 Å². The van der Waals surface area contributed by atoms with Crippen molar-refractivity contribution in [2.45, 2.75) is 6.42 Å². The van der Waals surface area contributed by atoms with Gasteiger partial charge in [0.25, 0.3) is 0 Å². The fraction of sp³-hybridized carbons (Fsp3) is 0.348. The molecule has 2 aromatic carbocycles. The van der Waals surface area contributed by atoms with E-state index in [-0.39, 0.29) is 0 Å². The minimum atomic E-state index is 0.868. The molecule has 2 heterocycles. The first kappa shape index (κ1) is 19.1. The molecule has 5 heteroatoms. The normalized spacial score (nSPS) is 15.6. The lowest BCUT2D eigenvalue weighted by molar-refractivity contribution is 0.155. The molecule has 0 bridgehead atoms. The van der Waals surface area contributed by atoms with Crippen LogP contribution in [0.5, 0.6) is 5.75 Å². The van der Waals surface area contributed by atoms with E-state index in [4.69, 9.17) is 9.72 Å². The molecule has 0 amide bonds. The largest absolute Gasteiger partial charge is 0.497 e. The van der Waals surface area contributed by atoms with Gasteiger partial charge in [0.15, 0.2) is 0 Å². The summed E-state index contributed by atoms with van der Waals surface area (Å²) in [4.78, 5) is 9.79. The Morgan fingerprint density at radius 1 is 0.929 bits per heavy atom. The maximum atomic E-state index is 5.23. The van der Waals surface area contributed by atoms with Crippen LogP contribution in [-0.2, 0) is 6.42 Å². The third-order valence-electron chi connectivity index (χ3n) is 5.40. The minimum Gasteiger partial charge on any atom is -0.497 e. The lowest BCUT2D eigenvalue weighted by atomic mass is 10.1. The number of likely N-dealkylation sites (N-methyl/N-ethyl adjacent to an activating group) is 1. The summed E-state index contributed by atoms with van der Waals surface area (Å²) in [5, 5.41) is 3.18. The summed E-state index contributed by atoms with van der Waals surface area (Å²) in [5.41, 5.74) is 4.75. The summed E-state index contributed by atoms with van der Waals surface area (Å²) in [7, 11) is 3.89. The summed E-state index contributed by atoms with van der Waals surface area (Å²) in [6.07, 6.45) is 1.11. The lowest BCUT2D eigenvalue weighted by Gasteiger charge is -2.32. The zero-order valence-corrected chi connectivity index (χ0v) is 17.4. The molecule has 1 saturated heterocycles. The fourth-order valence-electron chi connectivity index (χ4n) is 3.47. The van der Waals surface area contributed by atoms with Gasteiger partial charge in [-0.15, -0.1) is 11.3 Å². The molecule has 146 valence electrons. The summed E-state index contributed by atoms with van der Waals surface area (Å²) in [5.74, 6) is 0.868. The van der Waals surface area contributed by atoms with Gasteiger partial charge in [-0.2, -0.15) is 0 Å². The predicted molar refractivity (Wildman–Crippen MR) is 117 cm³/mol. The average molecular weight is 394 g/mol. The fourth-order valence-corrected chi connectivity index (χ4v) is 4.31. The predicted octanol–water partition coefficient (Wildman–Crippen LogP) is 4.28. The van der Waals surface area contributed by atoms with Crippen molar-refractivity contribution in [1.29, 1.82) is 0 Å². The van der Waals surface area contributed by atoms with Gasteiger partial charge >= 0.3 is 0 Å². The monoisotopic (exact) mass is 393 g/mol. The molecule has 1 aliphatic heterocycles. The van der Waals surface area contributed by atoms with Crippen LogP contribution in [-0.4, -0.2) is 61.7 Å². The van der Waals surface area contributed by atoms with Crippen LogP contribution in [0.15, 0.2) is 53.9 Å². The van der Waals surface area contributed by atoms with E-state index < -0.39 is 0 Å². The first-order chi connectivity index (χ1) is 13.7. The number of aromatic nitrogens is 1. The van der Waals surface area contributed by atoms with Crippen LogP contribution in [0, 0.1) is 0 Å². The van der Waals surface area contributed by atoms with E-state index in [2.05, 4.69) is 58.6 Å². The maximum absolute atomic E-state index is 5.23. The van der Waals surface area contributed by atoms with Crippen molar-refractivity contribution < 1.29 is 4.74 Å². The molecule has 0 radical (unpaired) electrons. The Morgan fingerprint density at radius 3 is 2.29 bits per heavy atom. The van der Waals surface area contributed by atoms with E-state index in [1.807, 2.05) is 12.1 Å². The second kappa shape index (κ2) is 8.86. The number of ether oxygens (including phenoxy) is 1. The van der Waals surface area contributed by atoms with Crippen LogP contribution in [0.1, 0.15) is 5.56 Å². The Labute approximate surface area is 171 Å². The molecule has 0 aliphatic carbocycles. The van der Waals surface area contributed by atoms with Crippen molar-refractivity contribution in [1.82, 2.24) is 14.8 Å². The molecule has 1 fully saturated rings. The number of piperazine rings is 1. The molecule has 0 spiro atoms. The first-order valence-corrected chi connectivity index (χ1v) is 10.7. The van der Waals surface area contributed by atoms with Gasteiger partial charge in [-0.3, -0.25) is 0 Å². The highest BCUT2D eigenvalue weighted by atomic mass is 32.1. The molecule has 0 saturated carbocycles. The van der Waals surface area contributed by atoms with Gasteiger partial charge in [0.1, 0.15) is 10.8 Å². The Kier molecular flexibility index (Phi) is 6.05. The van der Waals surface area contributed by atoms with E-state index in [0.717, 1.165) is 35.0 Å². The smallest absolute Gasteiger partial charge is 0.124 e. The summed E-state index contributed by atoms with van der Waals surface area (Å²) >= 11 is 1.68. The van der Waals surface area contributed by atoms with E-state index >= 15 is 0 Å². The summed E-state index contributed by atoms with van der Waals surface area (Å²) in [6, 6.07) is 17.0. The standard InChI is InChI=1S/C23H27N3OS/c1-25-13-15-26(16-14-25)12-11-18-3-5-19(6-4-18)22-17-28-23(24-22)20-7-9-21(27-2)10-8-20/h3-10,17H,11-16H2,1-2H3. The number of hydrogen-bond donors (Lipinski definition) is 0. The van der Waals surface area contributed by atoms with Crippen LogP contribution in [0.4, 0.5) is 0 Å². The minimum absolute atomic E-state index is 0.868. The first-order valence-electron chi connectivity index (χ1n) is 9.81. The molecule has 1 aromatic heterocycles. The number of hydrogen-bond acceptors (Lipinski definition) is 5. The number of benzene rings is 2. The Morgan fingerprint density at radius 2 is 1.61 bits per heavy atom. The maximum Gasteiger partial charge on any atom is 0.124 e. The van der Waals surface area contributed by atoms with Crippen LogP contribution in [0.2, 0.25) is 0 Å². The molecule has 3 aromatic rings. The molecule has 0 unspecified atom stereocenters. The van der Waals surface area contributed by atoms with Crippen LogP contribution in [0.3, 0.4) is 0 Å². The molecule has 0 atom stereocenters. The molecule has 0 N–H and O–H groups in total. The number of nitrogens with zero attached hydrogens (tertiary/aromatic N) is 3. The third-order valence-corrected chi connectivity index (χ3v) is 6.29. The second-order valence-corrected chi connectivity index (χ2v) is 8.22. The zero-order chi connectivity index (χ0) is 19.3. The summed E-state index contributed by atoms with van der Waals surface area (Å²) in [6.45, 7) is 5.87. The highest BCUT2D eigenvalue weighted by Gasteiger charge is 2.13. The van der Waals surface area contributed by atoms with Crippen molar-refractivity contribution in [2.75, 3.05) is 46.9 Å². The SMILES string of the molecule is COc1ccc(-c2nc(-c3ccc(CCN4CCN(C)CC4)cc3)cs2)cc1. The Hall–Kier alpha value is -2.21. The van der Waals surface area contributed by atoms with Crippen molar-refractivity contribution >= 4 is 11.3 Å². The van der Waals surface area contributed by atoms with Crippen LogP contribution in [0.25, 0.3) is 21.8 Å². The van der Waals surface area contributed by atoms with Crippen molar-refractivity contribution in [3.63, 3.8) is 0 Å². The van der Waals surface area contributed by atoms with Gasteiger partial charge in [0.2, 0.25) is 0 Å². The molecular formula is C23H27N3OS. The van der Waals surface area contributed by atoms with Crippen molar-refractivity contribution in [3.05, 3.63) is 59.5 Å². The topological polar surface area (TPSA) is 28.6 Å². The van der Waals surface area contributed by atoms with Gasteiger partial charge in [-0.1, -0.05) is 24.3 Å². The zero-order valence-electron chi connectivity index (χ0n) is 16.6. The Balaban J connectivity index is 1.38. The van der Waals surface area contributed by atoms with Crippen LogP contribution >= 0.6 is 11.3 Å². The molecule has 28 heavy (non-hydrogen) atoms. The highest BCUT2D eigenvalue weighted by Crippen LogP contribution is 2.30. The van der Waals surface area contributed by atoms with Gasteiger partial charge in [0.05, 0.1) is 12.8 Å². The van der Waals surface area contributed by atoms with Crippen molar-refractivity contribution in [3.8, 4) is 27.6 Å². The third kappa shape index (κ3) is 4.61. The molecule has 4 rings (SSSR count). The number of rotatable bonds is 6. The summed E-state index contributed by atoms with van der Waals surface area (Å²) < 4.78 is 5.23. The quantitative estimate of drug-likeness (QED) is 0.625. The molecule has 1 aliphatic rings. The van der Waals surface area contributed by atoms with E-state index in [1.54, 1.807) is 18.4 Å². The average Bonchev–Trinajstić information content (AvgIpc) is 3.24. The second-order valence-electron chi connectivity index (χ2n) is 7.36. The van der Waals surface area contributed by atoms with Gasteiger partial charge < -0.3 is 14.5 Å². The number of methoxy groups -OCH3 is 1. The Bertz CT molecular complexity index is 881. The number of thiazole rings is 1. The molecule has 4 nitrogen and oxygen atoms in total. The van der Waals surface area contributed by atoms with E-state index in [1.165, 1.54) is 37.3 Å². The van der Waals surface area contributed by atoms with Gasteiger partial charge in [-0.05, 0) is 43.3 Å². The molecular weight excluding hydrogens is 366 g/mol. The van der Waals surface area contributed by atoms with E-state index in [9.17, 15) is 0 Å². The highest BCUT2D eigenvalue weighted by molar-refractivity contribution is 7.13. The van der Waals surface area contributed by atoms with E-state index in [0.29, 0.717) is 0 Å². The van der Waals surface area contributed by atoms with Gasteiger partial charge in [0, 0.05) is 49.2 Å². The van der Waals surface area contributed by atoms with Gasteiger partial charge in [-0.25, -0.2) is 4.98 Å².